The molecule has 2 heterocycles. The Balaban J connectivity index is 0.00000222. The summed E-state index contributed by atoms with van der Waals surface area (Å²) in [6.07, 6.45) is 2.24. The van der Waals surface area contributed by atoms with Crippen molar-refractivity contribution in [3.8, 4) is 11.4 Å². The maximum Gasteiger partial charge on any atom is 1.00 e. The van der Waals surface area contributed by atoms with Crippen molar-refractivity contribution < 1.29 is 170 Å². The molecule has 0 saturated carbocycles. The Morgan fingerprint density at radius 1 is 0.478 bits per heavy atom. The molecule has 0 spiro atoms. The Morgan fingerprint density at radius 2 is 1.03 bits per heavy atom. The maximum absolute atomic E-state index is 12.5. The Morgan fingerprint density at radius 3 is 1.64 bits per heavy atom. The first-order valence-electron chi connectivity index (χ1n) is 18.5. The van der Waals surface area contributed by atoms with E-state index >= 15 is 0 Å². The molecule has 0 aliphatic carbocycles. The quantitative estimate of drug-likeness (QED) is 0.0533. The first-order chi connectivity index (χ1) is 30.6. The second-order valence-electron chi connectivity index (χ2n) is 14.3. The predicted octanol–water partition coefficient (Wildman–Crippen LogP) is -6.01. The van der Waals surface area contributed by atoms with Gasteiger partial charge in [-0.3, -0.25) is 0 Å². The van der Waals surface area contributed by atoms with Crippen molar-refractivity contribution in [1.29, 1.82) is 0 Å². The molecule has 9 rings (SSSR count). The smallest absolute Gasteiger partial charge is 0.744 e. The third kappa shape index (κ3) is 11.9. The molecular formula is C41H24N8Na4O12S4. The fourth-order valence-electron chi connectivity index (χ4n) is 7.10. The van der Waals surface area contributed by atoms with Gasteiger partial charge in [0.25, 0.3) is 0 Å². The van der Waals surface area contributed by atoms with E-state index in [2.05, 4.69) is 30.6 Å². The van der Waals surface area contributed by atoms with E-state index < -0.39 is 55.2 Å². The summed E-state index contributed by atoms with van der Waals surface area (Å²) >= 11 is 0. The summed E-state index contributed by atoms with van der Waals surface area (Å²) in [6.45, 7) is 1.72. The van der Waals surface area contributed by atoms with Crippen molar-refractivity contribution in [1.82, 2.24) is 30.0 Å². The van der Waals surface area contributed by atoms with Gasteiger partial charge < -0.3 is 18.2 Å². The Bertz CT molecular complexity index is 4060. The van der Waals surface area contributed by atoms with Crippen molar-refractivity contribution in [3.05, 3.63) is 132 Å². The molecule has 0 atom stereocenters. The van der Waals surface area contributed by atoms with Gasteiger partial charge in [-0.1, -0.05) is 60.7 Å². The van der Waals surface area contributed by atoms with E-state index in [4.69, 9.17) is 0 Å². The molecule has 0 unspecified atom stereocenters. The van der Waals surface area contributed by atoms with Gasteiger partial charge >= 0.3 is 118 Å². The number of aryl methyl sites for hydroxylation is 1. The Labute approximate surface area is 481 Å². The maximum atomic E-state index is 12.5. The molecule has 0 fully saturated rings. The van der Waals surface area contributed by atoms with E-state index in [0.717, 1.165) is 35.1 Å². The van der Waals surface area contributed by atoms with Gasteiger partial charge in [-0.2, -0.15) is 19.8 Å². The van der Waals surface area contributed by atoms with Gasteiger partial charge in [0.1, 0.15) is 62.5 Å². The number of aromatic nitrogens is 6. The van der Waals surface area contributed by atoms with Gasteiger partial charge in [-0.25, -0.2) is 33.7 Å². The minimum atomic E-state index is -5.21. The van der Waals surface area contributed by atoms with Gasteiger partial charge in [0.2, 0.25) is 0 Å². The van der Waals surface area contributed by atoms with Crippen LogP contribution >= 0.6 is 0 Å². The molecule has 0 radical (unpaired) electrons. The van der Waals surface area contributed by atoms with Crippen LogP contribution in [0.15, 0.2) is 145 Å². The van der Waals surface area contributed by atoms with Gasteiger partial charge in [-0.05, 0) is 95.7 Å². The molecule has 0 aliphatic heterocycles. The van der Waals surface area contributed by atoms with E-state index in [-0.39, 0.29) is 167 Å². The third-order valence-electron chi connectivity index (χ3n) is 10.1. The molecule has 0 aliphatic rings. The van der Waals surface area contributed by atoms with E-state index in [1.807, 2.05) is 0 Å². The predicted molar refractivity (Wildman–Crippen MR) is 229 cm³/mol. The topological polar surface area (TPSA) is 315 Å². The SMILES string of the molecule is Cc1cc(-n2nc3ccc4cc(S(=O)(=O)[O-])ccc4c3n2)ccc1N=Nc1ccc(C=Cc2ccc(-n3nc4cc(S(=O)(=O)[O-])c5ccccc5c4n3)cc2S(=O)(=O)[O-])c(S(=O)(=O)[O-])c1.[Na+].[Na+].[Na+].[Na+]. The molecule has 0 N–H and O–H groups in total. The minimum Gasteiger partial charge on any atom is -0.744 e. The molecule has 2 aromatic heterocycles. The first-order valence-corrected chi connectivity index (χ1v) is 24.2. The van der Waals surface area contributed by atoms with Crippen LogP contribution in [-0.2, 0) is 40.5 Å². The third-order valence-corrected chi connectivity index (χ3v) is 13.6. The average molecular weight is 1040 g/mol. The number of hydrogen-bond acceptors (Lipinski definition) is 18. The number of hydrogen-bond donors (Lipinski definition) is 0. The summed E-state index contributed by atoms with van der Waals surface area (Å²) in [5, 5.41) is 27.4. The zero-order valence-corrected chi connectivity index (χ0v) is 48.0. The Hall–Kier alpha value is -3.16. The van der Waals surface area contributed by atoms with Crippen LogP contribution in [0.4, 0.5) is 11.4 Å². The summed E-state index contributed by atoms with van der Waals surface area (Å²) < 4.78 is 145. The summed E-state index contributed by atoms with van der Waals surface area (Å²) in [4.78, 5) is -0.0785. The molecule has 69 heavy (non-hydrogen) atoms. The molecule has 20 nitrogen and oxygen atoms in total. The number of azo groups is 1. The molecular weight excluding hydrogens is 1020 g/mol. The van der Waals surface area contributed by atoms with Crippen LogP contribution in [0.2, 0.25) is 0 Å². The van der Waals surface area contributed by atoms with Gasteiger partial charge in [0, 0.05) is 16.2 Å². The second kappa shape index (κ2) is 21.5. The van der Waals surface area contributed by atoms with E-state index in [0.29, 0.717) is 38.7 Å². The van der Waals surface area contributed by atoms with Gasteiger partial charge in [0.15, 0.2) is 0 Å². The normalized spacial score (nSPS) is 12.3. The van der Waals surface area contributed by atoms with E-state index in [1.54, 1.807) is 43.3 Å². The van der Waals surface area contributed by atoms with Gasteiger partial charge in [0.05, 0.1) is 42.3 Å². The van der Waals surface area contributed by atoms with E-state index in [9.17, 15) is 51.9 Å². The van der Waals surface area contributed by atoms with Crippen molar-refractivity contribution in [2.24, 2.45) is 10.2 Å². The minimum absolute atomic E-state index is 0. The van der Waals surface area contributed by atoms with Crippen LogP contribution in [-0.4, -0.2) is 81.9 Å². The number of rotatable bonds is 10. The van der Waals surface area contributed by atoms with Crippen molar-refractivity contribution in [2.75, 3.05) is 0 Å². The molecule has 0 saturated heterocycles. The van der Waals surface area contributed by atoms with Crippen molar-refractivity contribution in [3.63, 3.8) is 0 Å². The average Bonchev–Trinajstić information content (AvgIpc) is 3.89. The van der Waals surface area contributed by atoms with Crippen LogP contribution in [0.1, 0.15) is 16.7 Å². The van der Waals surface area contributed by atoms with Crippen LogP contribution in [0, 0.1) is 6.92 Å². The van der Waals surface area contributed by atoms with Crippen LogP contribution in [0.5, 0.6) is 0 Å². The molecule has 328 valence electrons. The molecule has 7 aromatic carbocycles. The van der Waals surface area contributed by atoms with Crippen LogP contribution < -0.4 is 118 Å². The number of nitrogens with zero attached hydrogens (tertiary/aromatic N) is 8. The second-order valence-corrected chi connectivity index (χ2v) is 19.8. The van der Waals surface area contributed by atoms with E-state index in [1.165, 1.54) is 65.5 Å². The summed E-state index contributed by atoms with van der Waals surface area (Å²) in [6, 6.07) is 26.4. The van der Waals surface area contributed by atoms with Crippen LogP contribution in [0.3, 0.4) is 0 Å². The fraction of sp³-hybridized carbons (Fsp3) is 0.0244. The van der Waals surface area contributed by atoms with Crippen molar-refractivity contribution >= 4 is 108 Å². The van der Waals surface area contributed by atoms with Gasteiger partial charge in [-0.15, -0.1) is 20.4 Å². The number of benzene rings is 7. The first kappa shape index (κ1) is 56.8. The summed E-state index contributed by atoms with van der Waals surface area (Å²) in [7, 11) is -20.0. The largest absolute Gasteiger partial charge is 1.00 e. The summed E-state index contributed by atoms with van der Waals surface area (Å²) in [5.74, 6) is 0. The zero-order chi connectivity index (χ0) is 46.2. The summed E-state index contributed by atoms with van der Waals surface area (Å²) in [5.41, 5.74) is 2.19. The standard InChI is InChI=1S/C41H28N8O12S4.4Na/c1-23-18-28(48-44-35-16-10-26-19-30(62(50,51)52)14-15-31(26)40(35)46-48)13-17-34(23)43-42-27-11-8-24(37(20-27)63(53,54)55)6-7-25-9-12-29(21-38(25)64(56,57)58)49-45-36-22-39(65(59,60)61)32-4-2-3-5-33(32)41(36)47-49;;;;/h2-22H,1H3,(H,50,51,52)(H,53,54,55)(H,56,57,58)(H,59,60,61);;;;/q;4*+1/p-4. The fourth-order valence-corrected chi connectivity index (χ4v) is 9.69. The molecule has 0 bridgehead atoms. The zero-order valence-electron chi connectivity index (χ0n) is 36.7. The molecule has 0 amide bonds. The number of fused-ring (bicyclic) bond motifs is 6. The monoisotopic (exact) mass is 1040 g/mol. The molecule has 28 heteroatoms. The van der Waals surface area contributed by atoms with Crippen molar-refractivity contribution in [2.45, 2.75) is 26.5 Å². The Kier molecular flexibility index (Phi) is 17.7. The molecule has 9 aromatic rings. The van der Waals surface area contributed by atoms with Crippen LogP contribution in [0.25, 0.3) is 67.1 Å².